The first-order valence-electron chi connectivity index (χ1n) is 9.49. The minimum Gasteiger partial charge on any atom is -0.374 e. The summed E-state index contributed by atoms with van der Waals surface area (Å²) in [6.07, 6.45) is 6.34. The molecule has 2 saturated heterocycles. The molecule has 0 aromatic rings. The molecule has 1 unspecified atom stereocenters. The lowest BCUT2D eigenvalue weighted by Gasteiger charge is -2.38. The topological polar surface area (TPSA) is 109 Å². The van der Waals surface area contributed by atoms with Crippen LogP contribution in [-0.4, -0.2) is 67.7 Å². The van der Waals surface area contributed by atoms with E-state index in [4.69, 9.17) is 9.57 Å². The number of morpholine rings is 1. The Morgan fingerprint density at radius 2 is 1.85 bits per heavy atom. The lowest BCUT2D eigenvalue weighted by molar-refractivity contribution is -0.144. The molecule has 2 aliphatic heterocycles. The van der Waals surface area contributed by atoms with E-state index in [0.29, 0.717) is 38.6 Å². The quantitative estimate of drug-likeness (QED) is 0.565. The highest BCUT2D eigenvalue weighted by Gasteiger charge is 2.31. The van der Waals surface area contributed by atoms with Crippen LogP contribution in [0.25, 0.3) is 0 Å². The summed E-state index contributed by atoms with van der Waals surface area (Å²) in [4.78, 5) is 42.7. The SMILES string of the molecule is O=C(NCC(=O)N1CCO[C@H](C2CCCCC2)C1)C(=O)NC1CCON1. The summed E-state index contributed by atoms with van der Waals surface area (Å²) >= 11 is 0. The van der Waals surface area contributed by atoms with Crippen LogP contribution in [0.3, 0.4) is 0 Å². The second-order valence-electron chi connectivity index (χ2n) is 7.11. The van der Waals surface area contributed by atoms with Gasteiger partial charge in [0.2, 0.25) is 5.91 Å². The van der Waals surface area contributed by atoms with Crippen molar-refractivity contribution in [1.82, 2.24) is 21.0 Å². The van der Waals surface area contributed by atoms with Crippen molar-refractivity contribution in [2.24, 2.45) is 5.92 Å². The molecular weight excluding hydrogens is 340 g/mol. The fraction of sp³-hybridized carbons (Fsp3) is 0.824. The van der Waals surface area contributed by atoms with Gasteiger partial charge in [0, 0.05) is 19.5 Å². The average Bonchev–Trinajstić information content (AvgIpc) is 3.19. The Balaban J connectivity index is 1.40. The number of amides is 3. The second kappa shape index (κ2) is 9.29. The third kappa shape index (κ3) is 5.15. The van der Waals surface area contributed by atoms with E-state index in [-0.39, 0.29) is 24.7 Å². The average molecular weight is 368 g/mol. The number of rotatable bonds is 4. The van der Waals surface area contributed by atoms with Crippen LogP contribution >= 0.6 is 0 Å². The van der Waals surface area contributed by atoms with Crippen molar-refractivity contribution in [2.75, 3.05) is 32.8 Å². The predicted molar refractivity (Wildman–Crippen MR) is 91.5 cm³/mol. The van der Waals surface area contributed by atoms with E-state index < -0.39 is 11.8 Å². The summed E-state index contributed by atoms with van der Waals surface area (Å²) in [6.45, 7) is 1.90. The van der Waals surface area contributed by atoms with Gasteiger partial charge in [-0.2, -0.15) is 5.48 Å². The third-order valence-electron chi connectivity index (χ3n) is 5.27. The predicted octanol–water partition coefficient (Wildman–Crippen LogP) is -0.722. The second-order valence-corrected chi connectivity index (χ2v) is 7.11. The van der Waals surface area contributed by atoms with Gasteiger partial charge in [-0.1, -0.05) is 19.3 Å². The zero-order valence-corrected chi connectivity index (χ0v) is 15.0. The monoisotopic (exact) mass is 368 g/mol. The molecule has 9 nitrogen and oxygen atoms in total. The van der Waals surface area contributed by atoms with Gasteiger partial charge in [-0.05, 0) is 18.8 Å². The molecule has 3 fully saturated rings. The van der Waals surface area contributed by atoms with E-state index in [1.807, 2.05) is 0 Å². The summed E-state index contributed by atoms with van der Waals surface area (Å²) in [5.41, 5.74) is 2.59. The highest BCUT2D eigenvalue weighted by Crippen LogP contribution is 2.29. The van der Waals surface area contributed by atoms with E-state index in [1.54, 1.807) is 4.90 Å². The van der Waals surface area contributed by atoms with E-state index in [9.17, 15) is 14.4 Å². The minimum atomic E-state index is -0.816. The standard InChI is InChI=1S/C17H28N4O5/c22-15(10-18-16(23)17(24)19-14-6-8-26-20-14)21-7-9-25-13(11-21)12-4-2-1-3-5-12/h12-14,20H,1-11H2,(H,18,23)(H,19,24)/t13-,14?/m0/s1. The summed E-state index contributed by atoms with van der Waals surface area (Å²) in [5.74, 6) is -1.26. The number of carbonyl (C=O) groups excluding carboxylic acids is 3. The van der Waals surface area contributed by atoms with E-state index in [2.05, 4.69) is 16.1 Å². The van der Waals surface area contributed by atoms with Gasteiger partial charge in [0.25, 0.3) is 0 Å². The first-order valence-corrected chi connectivity index (χ1v) is 9.49. The number of ether oxygens (including phenoxy) is 1. The molecule has 0 aromatic heterocycles. The van der Waals surface area contributed by atoms with E-state index in [0.717, 1.165) is 12.8 Å². The lowest BCUT2D eigenvalue weighted by atomic mass is 9.84. The van der Waals surface area contributed by atoms with Gasteiger partial charge in [-0.15, -0.1) is 0 Å². The summed E-state index contributed by atoms with van der Waals surface area (Å²) in [7, 11) is 0. The Hall–Kier alpha value is -1.71. The van der Waals surface area contributed by atoms with E-state index in [1.165, 1.54) is 19.3 Å². The molecule has 3 N–H and O–H groups in total. The fourth-order valence-electron chi connectivity index (χ4n) is 3.76. The molecule has 1 aliphatic carbocycles. The van der Waals surface area contributed by atoms with Crippen molar-refractivity contribution in [1.29, 1.82) is 0 Å². The number of nitrogens with one attached hydrogen (secondary N) is 3. The highest BCUT2D eigenvalue weighted by molar-refractivity contribution is 6.35. The summed E-state index contributed by atoms with van der Waals surface area (Å²) in [5, 5.41) is 4.90. The highest BCUT2D eigenvalue weighted by atomic mass is 16.7. The van der Waals surface area contributed by atoms with Crippen LogP contribution in [0, 0.1) is 5.92 Å². The van der Waals surface area contributed by atoms with Crippen molar-refractivity contribution in [2.45, 2.75) is 50.8 Å². The minimum absolute atomic E-state index is 0.0837. The van der Waals surface area contributed by atoms with Crippen LogP contribution in [0.15, 0.2) is 0 Å². The smallest absolute Gasteiger partial charge is 0.310 e. The van der Waals surface area contributed by atoms with Gasteiger partial charge >= 0.3 is 11.8 Å². The van der Waals surface area contributed by atoms with Gasteiger partial charge in [0.05, 0.1) is 25.9 Å². The maximum atomic E-state index is 12.4. The Morgan fingerprint density at radius 3 is 2.58 bits per heavy atom. The summed E-state index contributed by atoms with van der Waals surface area (Å²) < 4.78 is 5.87. The van der Waals surface area contributed by atoms with Gasteiger partial charge in [0.1, 0.15) is 6.17 Å². The number of nitrogens with zero attached hydrogens (tertiary/aromatic N) is 1. The van der Waals surface area contributed by atoms with E-state index >= 15 is 0 Å². The molecule has 3 rings (SSSR count). The van der Waals surface area contributed by atoms with Crippen LogP contribution in [0.5, 0.6) is 0 Å². The molecule has 2 heterocycles. The van der Waals surface area contributed by atoms with Gasteiger partial charge in [-0.25, -0.2) is 0 Å². The zero-order valence-electron chi connectivity index (χ0n) is 15.0. The molecule has 2 atom stereocenters. The number of carbonyl (C=O) groups is 3. The molecular formula is C17H28N4O5. The van der Waals surface area contributed by atoms with Gasteiger partial charge in [0.15, 0.2) is 0 Å². The third-order valence-corrected chi connectivity index (χ3v) is 5.27. The van der Waals surface area contributed by atoms with Gasteiger partial charge < -0.3 is 20.3 Å². The maximum Gasteiger partial charge on any atom is 0.310 e. The zero-order chi connectivity index (χ0) is 18.4. The van der Waals surface area contributed by atoms with Crippen molar-refractivity contribution in [3.8, 4) is 0 Å². The van der Waals surface area contributed by atoms with Crippen LogP contribution < -0.4 is 16.1 Å². The number of hydrogen-bond donors (Lipinski definition) is 3. The largest absolute Gasteiger partial charge is 0.374 e. The van der Waals surface area contributed by atoms with Crippen molar-refractivity contribution in [3.05, 3.63) is 0 Å². The van der Waals surface area contributed by atoms with Crippen molar-refractivity contribution in [3.63, 3.8) is 0 Å². The molecule has 9 heteroatoms. The van der Waals surface area contributed by atoms with Crippen molar-refractivity contribution >= 4 is 17.7 Å². The molecule has 0 spiro atoms. The normalized spacial score (nSPS) is 27.2. The molecule has 146 valence electrons. The van der Waals surface area contributed by atoms with Crippen LogP contribution in [0.2, 0.25) is 0 Å². The molecule has 0 bridgehead atoms. The Morgan fingerprint density at radius 1 is 1.04 bits per heavy atom. The number of hydrogen-bond acceptors (Lipinski definition) is 6. The molecule has 3 amide bonds. The first kappa shape index (κ1) is 19.1. The molecule has 1 saturated carbocycles. The Kier molecular flexibility index (Phi) is 6.81. The van der Waals surface area contributed by atoms with Crippen LogP contribution in [0.4, 0.5) is 0 Å². The molecule has 3 aliphatic rings. The lowest BCUT2D eigenvalue weighted by Crippen LogP contribution is -2.53. The maximum absolute atomic E-state index is 12.4. The fourth-order valence-corrected chi connectivity index (χ4v) is 3.76. The van der Waals surface area contributed by atoms with Gasteiger partial charge in [-0.3, -0.25) is 19.2 Å². The molecule has 0 radical (unpaired) electrons. The van der Waals surface area contributed by atoms with Crippen molar-refractivity contribution < 1.29 is 24.0 Å². The first-order chi connectivity index (χ1) is 12.6. The molecule has 0 aromatic carbocycles. The Bertz CT molecular complexity index is 517. The Labute approximate surface area is 153 Å². The molecule has 26 heavy (non-hydrogen) atoms. The van der Waals surface area contributed by atoms with Crippen LogP contribution in [-0.2, 0) is 24.0 Å². The summed E-state index contributed by atoms with van der Waals surface area (Å²) in [6, 6.07) is 0. The van der Waals surface area contributed by atoms with Crippen LogP contribution in [0.1, 0.15) is 38.5 Å². The number of hydroxylamine groups is 1.